The minimum Gasteiger partial charge on any atom is -0.465 e. The van der Waals surface area contributed by atoms with Gasteiger partial charge < -0.3 is 5.11 Å². The molecule has 15 heavy (non-hydrogen) atoms. The zero-order valence-electron chi connectivity index (χ0n) is 8.30. The Morgan fingerprint density at radius 2 is 2.20 bits per heavy atom. The highest BCUT2D eigenvalue weighted by Gasteiger charge is 2.28. The van der Waals surface area contributed by atoms with E-state index in [2.05, 4.69) is 10.2 Å². The first-order valence-electron chi connectivity index (χ1n) is 5.07. The molecule has 0 unspecified atom stereocenters. The van der Waals surface area contributed by atoms with Crippen LogP contribution in [0.2, 0.25) is 0 Å². The molecule has 1 aliphatic rings. The van der Waals surface area contributed by atoms with E-state index in [9.17, 15) is 4.79 Å². The molecular formula is C9H13N3O2S. The first-order valence-corrected chi connectivity index (χ1v) is 5.95. The van der Waals surface area contributed by atoms with Crippen molar-refractivity contribution in [2.45, 2.75) is 38.1 Å². The summed E-state index contributed by atoms with van der Waals surface area (Å²) in [6.07, 6.45) is 4.37. The first kappa shape index (κ1) is 10.4. The summed E-state index contributed by atoms with van der Waals surface area (Å²) < 4.78 is 0. The summed E-state index contributed by atoms with van der Waals surface area (Å²) in [6.45, 7) is 0. The van der Waals surface area contributed by atoms with Crippen LogP contribution in [0, 0.1) is 0 Å². The van der Waals surface area contributed by atoms with Gasteiger partial charge in [0.1, 0.15) is 5.51 Å². The highest BCUT2D eigenvalue weighted by molar-refractivity contribution is 7.13. The second kappa shape index (κ2) is 4.57. The Bertz CT molecular complexity index is 322. The Morgan fingerprint density at radius 3 is 2.73 bits per heavy atom. The van der Waals surface area contributed by atoms with E-state index in [0.29, 0.717) is 5.13 Å². The van der Waals surface area contributed by atoms with Crippen LogP contribution in [0.15, 0.2) is 5.51 Å². The van der Waals surface area contributed by atoms with E-state index in [4.69, 9.17) is 5.11 Å². The molecule has 0 bridgehead atoms. The quantitative estimate of drug-likeness (QED) is 0.842. The molecule has 1 saturated carbocycles. The van der Waals surface area contributed by atoms with Crippen molar-refractivity contribution in [2.24, 2.45) is 0 Å². The van der Waals surface area contributed by atoms with E-state index >= 15 is 0 Å². The number of hydrogen-bond acceptors (Lipinski definition) is 4. The standard InChI is InChI=1S/C9H13N3O2S/c13-9(14)12(8-11-10-6-15-8)7-4-2-1-3-5-7/h6-7H,1-5H2,(H,13,14). The summed E-state index contributed by atoms with van der Waals surface area (Å²) in [7, 11) is 0. The maximum atomic E-state index is 11.2. The minimum absolute atomic E-state index is 0.0872. The van der Waals surface area contributed by atoms with Crippen LogP contribution in [-0.4, -0.2) is 27.4 Å². The van der Waals surface area contributed by atoms with E-state index in [1.54, 1.807) is 5.51 Å². The molecule has 1 amide bonds. The number of aromatic nitrogens is 2. The van der Waals surface area contributed by atoms with Crippen LogP contribution < -0.4 is 4.90 Å². The predicted octanol–water partition coefficient (Wildman–Crippen LogP) is 2.36. The Morgan fingerprint density at radius 1 is 1.47 bits per heavy atom. The van der Waals surface area contributed by atoms with Gasteiger partial charge in [-0.25, -0.2) is 9.69 Å². The van der Waals surface area contributed by atoms with Crippen LogP contribution in [0.25, 0.3) is 0 Å². The van der Waals surface area contributed by atoms with Gasteiger partial charge in [0.15, 0.2) is 0 Å². The van der Waals surface area contributed by atoms with Crippen molar-refractivity contribution in [1.29, 1.82) is 0 Å². The highest BCUT2D eigenvalue weighted by atomic mass is 32.1. The predicted molar refractivity (Wildman–Crippen MR) is 57.3 cm³/mol. The summed E-state index contributed by atoms with van der Waals surface area (Å²) >= 11 is 1.28. The summed E-state index contributed by atoms with van der Waals surface area (Å²) in [5.41, 5.74) is 1.56. The van der Waals surface area contributed by atoms with E-state index in [1.165, 1.54) is 22.7 Å². The van der Waals surface area contributed by atoms with Gasteiger partial charge in [0.2, 0.25) is 5.13 Å². The van der Waals surface area contributed by atoms with Crippen molar-refractivity contribution in [1.82, 2.24) is 10.2 Å². The van der Waals surface area contributed by atoms with E-state index < -0.39 is 6.09 Å². The maximum Gasteiger partial charge on any atom is 0.413 e. The Hall–Kier alpha value is -1.17. The van der Waals surface area contributed by atoms with Crippen molar-refractivity contribution in [2.75, 3.05) is 4.90 Å². The smallest absolute Gasteiger partial charge is 0.413 e. The van der Waals surface area contributed by atoms with Crippen LogP contribution in [0.4, 0.5) is 9.93 Å². The van der Waals surface area contributed by atoms with E-state index in [1.807, 2.05) is 0 Å². The monoisotopic (exact) mass is 227 g/mol. The first-order chi connectivity index (χ1) is 7.29. The molecule has 1 aromatic rings. The molecule has 1 aromatic heterocycles. The number of nitrogens with zero attached hydrogens (tertiary/aromatic N) is 3. The summed E-state index contributed by atoms with van der Waals surface area (Å²) in [6, 6.07) is 0.0872. The lowest BCUT2D eigenvalue weighted by Gasteiger charge is -2.29. The average Bonchev–Trinajstić information content (AvgIpc) is 2.72. The van der Waals surface area contributed by atoms with Gasteiger partial charge in [0.25, 0.3) is 0 Å². The number of hydrogen-bond donors (Lipinski definition) is 1. The highest BCUT2D eigenvalue weighted by Crippen LogP contribution is 2.27. The normalized spacial score (nSPS) is 17.6. The molecule has 82 valence electrons. The third kappa shape index (κ3) is 2.26. The van der Waals surface area contributed by atoms with Gasteiger partial charge in [-0.2, -0.15) is 0 Å². The molecule has 1 N–H and O–H groups in total. The topological polar surface area (TPSA) is 66.3 Å². The number of amides is 1. The van der Waals surface area contributed by atoms with Gasteiger partial charge in [-0.3, -0.25) is 0 Å². The zero-order valence-corrected chi connectivity index (χ0v) is 9.11. The second-order valence-corrected chi connectivity index (χ2v) is 4.48. The molecule has 0 saturated heterocycles. The zero-order chi connectivity index (χ0) is 10.7. The van der Waals surface area contributed by atoms with Gasteiger partial charge in [0, 0.05) is 6.04 Å². The molecular weight excluding hydrogens is 214 g/mol. The fourth-order valence-electron chi connectivity index (χ4n) is 2.01. The van der Waals surface area contributed by atoms with Gasteiger partial charge in [-0.05, 0) is 12.8 Å². The molecule has 0 aromatic carbocycles. The lowest BCUT2D eigenvalue weighted by molar-refractivity contribution is 0.196. The van der Waals surface area contributed by atoms with Crippen molar-refractivity contribution in [3.05, 3.63) is 5.51 Å². The Kier molecular flexibility index (Phi) is 3.15. The van der Waals surface area contributed by atoms with Crippen LogP contribution >= 0.6 is 11.3 Å². The number of carboxylic acid groups (broad SMARTS) is 1. The van der Waals surface area contributed by atoms with E-state index in [-0.39, 0.29) is 6.04 Å². The lowest BCUT2D eigenvalue weighted by atomic mass is 9.95. The van der Waals surface area contributed by atoms with Crippen molar-refractivity contribution < 1.29 is 9.90 Å². The summed E-state index contributed by atoms with van der Waals surface area (Å²) in [5, 5.41) is 17.2. The molecule has 0 atom stereocenters. The third-order valence-electron chi connectivity index (χ3n) is 2.70. The van der Waals surface area contributed by atoms with Gasteiger partial charge in [-0.15, -0.1) is 10.2 Å². The number of anilines is 1. The molecule has 0 spiro atoms. The van der Waals surface area contributed by atoms with Crippen LogP contribution in [-0.2, 0) is 0 Å². The molecule has 1 heterocycles. The van der Waals surface area contributed by atoms with Crippen LogP contribution in [0.1, 0.15) is 32.1 Å². The van der Waals surface area contributed by atoms with Gasteiger partial charge in [-0.1, -0.05) is 30.6 Å². The average molecular weight is 227 g/mol. The van der Waals surface area contributed by atoms with Crippen molar-refractivity contribution in [3.8, 4) is 0 Å². The number of rotatable bonds is 2. The van der Waals surface area contributed by atoms with Gasteiger partial charge in [0.05, 0.1) is 0 Å². The number of carbonyl (C=O) groups is 1. The molecule has 2 rings (SSSR count). The Labute approximate surface area is 91.7 Å². The summed E-state index contributed by atoms with van der Waals surface area (Å²) in [4.78, 5) is 12.5. The van der Waals surface area contributed by atoms with Crippen molar-refractivity contribution >= 4 is 22.6 Å². The van der Waals surface area contributed by atoms with Crippen LogP contribution in [0.3, 0.4) is 0 Å². The molecule has 1 aliphatic carbocycles. The van der Waals surface area contributed by atoms with Crippen LogP contribution in [0.5, 0.6) is 0 Å². The molecule has 0 aliphatic heterocycles. The molecule has 1 fully saturated rings. The van der Waals surface area contributed by atoms with E-state index in [0.717, 1.165) is 25.7 Å². The Balaban J connectivity index is 2.15. The minimum atomic E-state index is -0.918. The third-order valence-corrected chi connectivity index (χ3v) is 3.39. The molecule has 6 heteroatoms. The fraction of sp³-hybridized carbons (Fsp3) is 0.667. The maximum absolute atomic E-state index is 11.2. The molecule has 0 radical (unpaired) electrons. The fourth-order valence-corrected chi connectivity index (χ4v) is 2.63. The second-order valence-electron chi connectivity index (χ2n) is 3.67. The SMILES string of the molecule is O=C(O)N(c1nncs1)C1CCCCC1. The summed E-state index contributed by atoms with van der Waals surface area (Å²) in [5.74, 6) is 0. The molecule has 5 nitrogen and oxygen atoms in total. The largest absolute Gasteiger partial charge is 0.465 e. The van der Waals surface area contributed by atoms with Gasteiger partial charge >= 0.3 is 6.09 Å². The lowest BCUT2D eigenvalue weighted by Crippen LogP contribution is -2.40. The van der Waals surface area contributed by atoms with Crippen molar-refractivity contribution in [3.63, 3.8) is 0 Å².